The minimum atomic E-state index is 0.772. The van der Waals surface area contributed by atoms with E-state index in [1.807, 2.05) is 24.3 Å². The van der Waals surface area contributed by atoms with Crippen molar-refractivity contribution in [2.24, 2.45) is 0 Å². The average molecular weight is 192 g/mol. The molecule has 13 heavy (non-hydrogen) atoms. The van der Waals surface area contributed by atoms with Crippen LogP contribution < -0.4 is 4.90 Å². The van der Waals surface area contributed by atoms with Crippen LogP contribution in [0.3, 0.4) is 0 Å². The van der Waals surface area contributed by atoms with Crippen molar-refractivity contribution in [2.45, 2.75) is 6.42 Å². The number of hydrogen-bond donors (Lipinski definition) is 0. The second-order valence-electron chi connectivity index (χ2n) is 2.89. The van der Waals surface area contributed by atoms with Gasteiger partial charge in [0.05, 0.1) is 0 Å². The Bertz CT molecular complexity index is 326. The lowest BCUT2D eigenvalue weighted by Crippen LogP contribution is -2.08. The molecule has 0 aromatic heterocycles. The molecule has 1 heterocycles. The predicted octanol–water partition coefficient (Wildman–Crippen LogP) is 3.58. The van der Waals surface area contributed by atoms with Gasteiger partial charge in [0, 0.05) is 23.1 Å². The van der Waals surface area contributed by atoms with Crippen molar-refractivity contribution in [3.05, 3.63) is 53.8 Å². The van der Waals surface area contributed by atoms with Crippen LogP contribution in [0.2, 0.25) is 5.02 Å². The summed E-state index contributed by atoms with van der Waals surface area (Å²) in [5, 5.41) is 0.772. The number of nitrogens with zero attached hydrogens (tertiary/aromatic N) is 1. The highest BCUT2D eigenvalue weighted by Gasteiger charge is 2.00. The number of hydrogen-bond acceptors (Lipinski definition) is 1. The maximum absolute atomic E-state index is 5.80. The summed E-state index contributed by atoms with van der Waals surface area (Å²) in [5.41, 5.74) is 1.14. The Kier molecular flexibility index (Phi) is 2.37. The zero-order chi connectivity index (χ0) is 9.10. The molecule has 0 spiro atoms. The molecule has 1 nitrogen and oxygen atoms in total. The number of allylic oxidation sites excluding steroid dienone is 2. The van der Waals surface area contributed by atoms with E-state index in [9.17, 15) is 0 Å². The zero-order valence-corrected chi connectivity index (χ0v) is 7.91. The van der Waals surface area contributed by atoms with Gasteiger partial charge in [-0.05, 0) is 30.7 Å². The molecule has 0 saturated carbocycles. The maximum atomic E-state index is 5.80. The molecule has 0 atom stereocenters. The van der Waals surface area contributed by atoms with Gasteiger partial charge in [0.25, 0.3) is 0 Å². The molecule has 0 amide bonds. The van der Waals surface area contributed by atoms with Crippen LogP contribution in [-0.2, 0) is 0 Å². The van der Waals surface area contributed by atoms with Gasteiger partial charge in [-0.15, -0.1) is 0 Å². The Balaban J connectivity index is 2.25. The number of halogens is 1. The molecule has 1 aliphatic heterocycles. The Morgan fingerprint density at radius 3 is 2.23 bits per heavy atom. The van der Waals surface area contributed by atoms with Gasteiger partial charge in [0.15, 0.2) is 0 Å². The minimum absolute atomic E-state index is 0.772. The Hall–Kier alpha value is -1.21. The third kappa shape index (κ3) is 1.93. The summed E-state index contributed by atoms with van der Waals surface area (Å²) >= 11 is 5.80. The zero-order valence-electron chi connectivity index (χ0n) is 7.15. The van der Waals surface area contributed by atoms with E-state index in [2.05, 4.69) is 29.5 Å². The Morgan fingerprint density at radius 1 is 1.00 bits per heavy atom. The van der Waals surface area contributed by atoms with Crippen molar-refractivity contribution in [3.63, 3.8) is 0 Å². The van der Waals surface area contributed by atoms with Crippen LogP contribution in [0.4, 0.5) is 5.69 Å². The third-order valence-corrected chi connectivity index (χ3v) is 2.18. The number of benzene rings is 1. The van der Waals surface area contributed by atoms with Crippen molar-refractivity contribution in [2.75, 3.05) is 4.90 Å². The average Bonchev–Trinajstić information content (AvgIpc) is 2.20. The highest BCUT2D eigenvalue weighted by Crippen LogP contribution is 2.20. The van der Waals surface area contributed by atoms with Gasteiger partial charge in [0.2, 0.25) is 0 Å². The van der Waals surface area contributed by atoms with Gasteiger partial charge < -0.3 is 4.90 Å². The van der Waals surface area contributed by atoms with Crippen molar-refractivity contribution in [1.29, 1.82) is 0 Å². The fourth-order valence-electron chi connectivity index (χ4n) is 1.26. The predicted molar refractivity (Wildman–Crippen MR) is 56.8 cm³/mol. The minimum Gasteiger partial charge on any atom is -0.324 e. The van der Waals surface area contributed by atoms with Gasteiger partial charge in [0.1, 0.15) is 0 Å². The van der Waals surface area contributed by atoms with Crippen LogP contribution in [0.5, 0.6) is 0 Å². The first kappa shape index (κ1) is 8.39. The van der Waals surface area contributed by atoms with Gasteiger partial charge in [-0.25, -0.2) is 0 Å². The molecular weight excluding hydrogens is 182 g/mol. The summed E-state index contributed by atoms with van der Waals surface area (Å²) in [4.78, 5) is 2.07. The lowest BCUT2D eigenvalue weighted by Gasteiger charge is -2.17. The Labute approximate surface area is 82.9 Å². The van der Waals surface area contributed by atoms with Crippen LogP contribution in [0.15, 0.2) is 48.8 Å². The molecule has 1 aromatic rings. The molecule has 0 bridgehead atoms. The molecular formula is C11H10ClN. The smallest absolute Gasteiger partial charge is 0.0450 e. The quantitative estimate of drug-likeness (QED) is 0.656. The lowest BCUT2D eigenvalue weighted by atomic mass is 10.2. The molecule has 0 unspecified atom stereocenters. The standard InChI is InChI=1S/C11H10ClN/c12-10-4-6-11(7-5-10)13-8-2-1-3-9-13/h2-9H,1H2. The SMILES string of the molecule is Clc1ccc(N2C=CCC=C2)cc1. The molecule has 1 aromatic carbocycles. The first-order chi connectivity index (χ1) is 6.36. The molecule has 66 valence electrons. The van der Waals surface area contributed by atoms with Crippen molar-refractivity contribution in [3.8, 4) is 0 Å². The van der Waals surface area contributed by atoms with Crippen LogP contribution >= 0.6 is 11.6 Å². The fraction of sp³-hybridized carbons (Fsp3) is 0.0909. The van der Waals surface area contributed by atoms with Gasteiger partial charge >= 0.3 is 0 Å². The molecule has 0 N–H and O–H groups in total. The Morgan fingerprint density at radius 2 is 1.62 bits per heavy atom. The first-order valence-corrected chi connectivity index (χ1v) is 4.61. The van der Waals surface area contributed by atoms with Gasteiger partial charge in [-0.3, -0.25) is 0 Å². The highest BCUT2D eigenvalue weighted by molar-refractivity contribution is 6.30. The summed E-state index contributed by atoms with van der Waals surface area (Å²) in [7, 11) is 0. The lowest BCUT2D eigenvalue weighted by molar-refractivity contribution is 1.18. The maximum Gasteiger partial charge on any atom is 0.0450 e. The van der Waals surface area contributed by atoms with E-state index in [0.717, 1.165) is 17.1 Å². The van der Waals surface area contributed by atoms with Crippen molar-refractivity contribution < 1.29 is 0 Å². The van der Waals surface area contributed by atoms with Gasteiger partial charge in [-0.2, -0.15) is 0 Å². The fourth-order valence-corrected chi connectivity index (χ4v) is 1.39. The van der Waals surface area contributed by atoms with E-state index in [0.29, 0.717) is 0 Å². The number of anilines is 1. The third-order valence-electron chi connectivity index (χ3n) is 1.93. The normalized spacial score (nSPS) is 15.0. The number of rotatable bonds is 1. The van der Waals surface area contributed by atoms with E-state index in [4.69, 9.17) is 11.6 Å². The summed E-state index contributed by atoms with van der Waals surface area (Å²) < 4.78 is 0. The van der Waals surface area contributed by atoms with E-state index in [1.165, 1.54) is 0 Å². The molecule has 2 heteroatoms. The first-order valence-electron chi connectivity index (χ1n) is 4.23. The van der Waals surface area contributed by atoms with Crippen LogP contribution in [-0.4, -0.2) is 0 Å². The van der Waals surface area contributed by atoms with Crippen molar-refractivity contribution >= 4 is 17.3 Å². The summed E-state index contributed by atoms with van der Waals surface area (Å²) in [6.45, 7) is 0. The second kappa shape index (κ2) is 3.67. The van der Waals surface area contributed by atoms with E-state index >= 15 is 0 Å². The highest BCUT2D eigenvalue weighted by atomic mass is 35.5. The summed E-state index contributed by atoms with van der Waals surface area (Å²) in [6, 6.07) is 7.80. The molecule has 0 saturated heterocycles. The summed E-state index contributed by atoms with van der Waals surface area (Å²) in [5.74, 6) is 0. The largest absolute Gasteiger partial charge is 0.324 e. The van der Waals surface area contributed by atoms with E-state index < -0.39 is 0 Å². The molecule has 1 aliphatic rings. The van der Waals surface area contributed by atoms with Gasteiger partial charge in [-0.1, -0.05) is 23.8 Å². The second-order valence-corrected chi connectivity index (χ2v) is 3.33. The monoisotopic (exact) mass is 191 g/mol. The molecule has 2 rings (SSSR count). The van der Waals surface area contributed by atoms with Crippen LogP contribution in [0, 0.1) is 0 Å². The van der Waals surface area contributed by atoms with Crippen LogP contribution in [0.1, 0.15) is 6.42 Å². The molecule has 0 aliphatic carbocycles. The molecule has 0 radical (unpaired) electrons. The van der Waals surface area contributed by atoms with E-state index in [-0.39, 0.29) is 0 Å². The topological polar surface area (TPSA) is 3.24 Å². The molecule has 0 fully saturated rings. The van der Waals surface area contributed by atoms with Crippen molar-refractivity contribution in [1.82, 2.24) is 0 Å². The van der Waals surface area contributed by atoms with E-state index in [1.54, 1.807) is 0 Å². The van der Waals surface area contributed by atoms with Crippen LogP contribution in [0.25, 0.3) is 0 Å². The summed E-state index contributed by atoms with van der Waals surface area (Å²) in [6.07, 6.45) is 9.37.